The molecule has 0 aliphatic heterocycles. The van der Waals surface area contributed by atoms with Gasteiger partial charge in [-0.15, -0.1) is 11.8 Å². The molecule has 0 fully saturated rings. The fourth-order valence-electron chi connectivity index (χ4n) is 1.000. The van der Waals surface area contributed by atoms with E-state index in [9.17, 15) is 0 Å². The van der Waals surface area contributed by atoms with Crippen LogP contribution in [0.25, 0.3) is 0 Å². The van der Waals surface area contributed by atoms with E-state index in [-0.39, 0.29) is 5.41 Å². The summed E-state index contributed by atoms with van der Waals surface area (Å²) in [6, 6.07) is 1.82. The highest BCUT2D eigenvalue weighted by molar-refractivity contribution is 7.99. The van der Waals surface area contributed by atoms with Gasteiger partial charge in [-0.2, -0.15) is 0 Å². The molecule has 1 heterocycles. The molecule has 0 aromatic carbocycles. The molecule has 0 saturated heterocycles. The first-order chi connectivity index (χ1) is 6.43. The van der Waals surface area contributed by atoms with Crippen LogP contribution in [0.3, 0.4) is 0 Å². The molecule has 0 atom stereocenters. The second-order valence-electron chi connectivity index (χ2n) is 4.14. The number of aromatic nitrogens is 2. The van der Waals surface area contributed by atoms with Gasteiger partial charge in [-0.1, -0.05) is 27.7 Å². The fraction of sp³-hybridized carbons (Fsp3) is 0.600. The molecule has 1 aromatic heterocycles. The summed E-state index contributed by atoms with van der Waals surface area (Å²) in [4.78, 5) is 8.71. The Labute approximate surface area is 89.5 Å². The van der Waals surface area contributed by atoms with Crippen LogP contribution in [0.5, 0.6) is 0 Å². The number of nitrogens with zero attached hydrogens (tertiary/aromatic N) is 2. The Hall–Kier alpha value is -0.770. The summed E-state index contributed by atoms with van der Waals surface area (Å²) >= 11 is 1.69. The monoisotopic (exact) mass is 211 g/mol. The van der Waals surface area contributed by atoms with Crippen LogP contribution in [-0.4, -0.2) is 15.7 Å². The normalized spacial score (nSPS) is 11.7. The first kappa shape index (κ1) is 11.3. The molecule has 1 aromatic rings. The standard InChI is InChI=1S/C10H17N3S/c1-5-14-8-6-7(11)12-9(13-8)10(2,3)4/h6H,5H2,1-4H3,(H2,11,12,13). The summed E-state index contributed by atoms with van der Waals surface area (Å²) in [6.45, 7) is 8.35. The molecule has 3 nitrogen and oxygen atoms in total. The van der Waals surface area contributed by atoms with Crippen LogP contribution >= 0.6 is 11.8 Å². The minimum Gasteiger partial charge on any atom is -0.384 e. The number of nitrogens with two attached hydrogens (primary N) is 1. The summed E-state index contributed by atoms with van der Waals surface area (Å²) in [5, 5.41) is 0.963. The molecule has 4 heteroatoms. The second-order valence-corrected chi connectivity index (χ2v) is 5.42. The zero-order chi connectivity index (χ0) is 10.8. The van der Waals surface area contributed by atoms with Crippen LogP contribution in [0, 0.1) is 0 Å². The number of hydrogen-bond acceptors (Lipinski definition) is 4. The molecule has 1 rings (SSSR count). The van der Waals surface area contributed by atoms with Crippen molar-refractivity contribution in [2.45, 2.75) is 38.1 Å². The van der Waals surface area contributed by atoms with Crippen LogP contribution < -0.4 is 5.73 Å². The third-order valence-corrected chi connectivity index (χ3v) is 2.48. The van der Waals surface area contributed by atoms with Crippen molar-refractivity contribution < 1.29 is 0 Å². The maximum atomic E-state index is 5.72. The van der Waals surface area contributed by atoms with Crippen molar-refractivity contribution in [3.63, 3.8) is 0 Å². The number of nitrogen functional groups attached to an aromatic ring is 1. The summed E-state index contributed by atoms with van der Waals surface area (Å²) < 4.78 is 0. The maximum Gasteiger partial charge on any atom is 0.137 e. The fourth-order valence-corrected chi connectivity index (χ4v) is 1.65. The van der Waals surface area contributed by atoms with Gasteiger partial charge in [0.25, 0.3) is 0 Å². The van der Waals surface area contributed by atoms with Gasteiger partial charge < -0.3 is 5.73 Å². The van der Waals surface area contributed by atoms with Gasteiger partial charge in [0, 0.05) is 11.5 Å². The lowest BCUT2D eigenvalue weighted by Crippen LogP contribution is -2.17. The highest BCUT2D eigenvalue weighted by Crippen LogP contribution is 2.23. The summed E-state index contributed by atoms with van der Waals surface area (Å²) in [5.74, 6) is 2.37. The molecule has 0 aliphatic rings. The van der Waals surface area contributed by atoms with Crippen molar-refractivity contribution in [2.24, 2.45) is 0 Å². The average Bonchev–Trinajstić information content (AvgIpc) is 2.02. The van der Waals surface area contributed by atoms with E-state index in [0.29, 0.717) is 5.82 Å². The molecule has 0 unspecified atom stereocenters. The zero-order valence-electron chi connectivity index (χ0n) is 9.16. The molecular weight excluding hydrogens is 194 g/mol. The molecule has 0 aliphatic carbocycles. The number of anilines is 1. The Kier molecular flexibility index (Phi) is 3.37. The minimum atomic E-state index is -0.0432. The Balaban J connectivity index is 3.07. The lowest BCUT2D eigenvalue weighted by molar-refractivity contribution is 0.540. The van der Waals surface area contributed by atoms with Crippen molar-refractivity contribution in [1.29, 1.82) is 0 Å². The van der Waals surface area contributed by atoms with E-state index in [1.807, 2.05) is 6.07 Å². The predicted molar refractivity (Wildman–Crippen MR) is 61.5 cm³/mol. The molecule has 0 radical (unpaired) electrons. The van der Waals surface area contributed by atoms with E-state index in [4.69, 9.17) is 5.73 Å². The quantitative estimate of drug-likeness (QED) is 0.603. The zero-order valence-corrected chi connectivity index (χ0v) is 9.98. The van der Waals surface area contributed by atoms with Gasteiger partial charge in [-0.3, -0.25) is 0 Å². The second kappa shape index (κ2) is 4.17. The Bertz CT molecular complexity index is 318. The van der Waals surface area contributed by atoms with Crippen LogP contribution in [0.4, 0.5) is 5.82 Å². The lowest BCUT2D eigenvalue weighted by Gasteiger charge is -2.17. The topological polar surface area (TPSA) is 51.8 Å². The van der Waals surface area contributed by atoms with Gasteiger partial charge in [0.2, 0.25) is 0 Å². The Morgan fingerprint density at radius 1 is 1.36 bits per heavy atom. The molecule has 0 spiro atoms. The first-order valence-corrected chi connectivity index (χ1v) is 5.70. The van der Waals surface area contributed by atoms with Gasteiger partial charge in [-0.05, 0) is 5.75 Å². The van der Waals surface area contributed by atoms with Gasteiger partial charge in [-0.25, -0.2) is 9.97 Å². The minimum absolute atomic E-state index is 0.0432. The van der Waals surface area contributed by atoms with Crippen LogP contribution in [0.2, 0.25) is 0 Å². The van der Waals surface area contributed by atoms with Crippen molar-refractivity contribution >= 4 is 17.6 Å². The van der Waals surface area contributed by atoms with Gasteiger partial charge in [0.05, 0.1) is 0 Å². The van der Waals surface area contributed by atoms with Gasteiger partial charge in [0.15, 0.2) is 0 Å². The van der Waals surface area contributed by atoms with Crippen molar-refractivity contribution in [3.05, 3.63) is 11.9 Å². The highest BCUT2D eigenvalue weighted by Gasteiger charge is 2.18. The first-order valence-electron chi connectivity index (χ1n) is 4.71. The van der Waals surface area contributed by atoms with E-state index >= 15 is 0 Å². The predicted octanol–water partition coefficient (Wildman–Crippen LogP) is 2.47. The molecule has 78 valence electrons. The van der Waals surface area contributed by atoms with Crippen molar-refractivity contribution in [3.8, 4) is 0 Å². The van der Waals surface area contributed by atoms with Crippen LogP contribution in [-0.2, 0) is 5.41 Å². The maximum absolute atomic E-state index is 5.72. The number of hydrogen-bond donors (Lipinski definition) is 1. The van der Waals surface area contributed by atoms with E-state index < -0.39 is 0 Å². The van der Waals surface area contributed by atoms with E-state index in [1.165, 1.54) is 0 Å². The van der Waals surface area contributed by atoms with E-state index in [0.717, 1.165) is 16.6 Å². The molecule has 0 bridgehead atoms. The van der Waals surface area contributed by atoms with Gasteiger partial charge in [0.1, 0.15) is 16.7 Å². The average molecular weight is 211 g/mol. The Morgan fingerprint density at radius 2 is 2.00 bits per heavy atom. The van der Waals surface area contributed by atoms with Crippen molar-refractivity contribution in [2.75, 3.05) is 11.5 Å². The van der Waals surface area contributed by atoms with E-state index in [2.05, 4.69) is 37.7 Å². The molecule has 0 saturated carbocycles. The van der Waals surface area contributed by atoms with Gasteiger partial charge >= 0.3 is 0 Å². The third kappa shape index (κ3) is 2.87. The smallest absolute Gasteiger partial charge is 0.137 e. The largest absolute Gasteiger partial charge is 0.384 e. The Morgan fingerprint density at radius 3 is 2.50 bits per heavy atom. The molecule has 14 heavy (non-hydrogen) atoms. The molecular formula is C10H17N3S. The summed E-state index contributed by atoms with van der Waals surface area (Å²) in [7, 11) is 0. The number of thioether (sulfide) groups is 1. The lowest BCUT2D eigenvalue weighted by atomic mass is 9.96. The number of rotatable bonds is 2. The highest BCUT2D eigenvalue weighted by atomic mass is 32.2. The summed E-state index contributed by atoms with van der Waals surface area (Å²) in [6.07, 6.45) is 0. The molecule has 2 N–H and O–H groups in total. The van der Waals surface area contributed by atoms with Crippen molar-refractivity contribution in [1.82, 2.24) is 9.97 Å². The summed E-state index contributed by atoms with van der Waals surface area (Å²) in [5.41, 5.74) is 5.68. The SMILES string of the molecule is CCSc1cc(N)nc(C(C)(C)C)n1. The van der Waals surface area contributed by atoms with E-state index in [1.54, 1.807) is 11.8 Å². The third-order valence-electron chi connectivity index (χ3n) is 1.69. The molecule has 0 amide bonds. The van der Waals surface area contributed by atoms with Crippen LogP contribution in [0.15, 0.2) is 11.1 Å². The van der Waals surface area contributed by atoms with Crippen LogP contribution in [0.1, 0.15) is 33.5 Å².